The van der Waals surface area contributed by atoms with Crippen LogP contribution in [0.25, 0.3) is 54.5 Å². The molecule has 96 heavy (non-hydrogen) atoms. The molecule has 5 aromatic heterocycles. The second kappa shape index (κ2) is 39.6. The Morgan fingerprint density at radius 2 is 0.969 bits per heavy atom. The summed E-state index contributed by atoms with van der Waals surface area (Å²) in [4.78, 5) is 52.6. The Hall–Kier alpha value is -9.23. The third-order valence-corrected chi connectivity index (χ3v) is 17.1. The van der Waals surface area contributed by atoms with Crippen LogP contribution < -0.4 is 30.6 Å². The van der Waals surface area contributed by atoms with Crippen molar-refractivity contribution < 1.29 is 43.9 Å². The highest BCUT2D eigenvalue weighted by molar-refractivity contribution is 5.88. The second-order valence-electron chi connectivity index (χ2n) is 25.3. The van der Waals surface area contributed by atoms with Crippen LogP contribution in [0.1, 0.15) is 119 Å². The number of benzene rings is 5. The molecule has 0 aliphatic heterocycles. The van der Waals surface area contributed by atoms with Crippen molar-refractivity contribution in [2.75, 3.05) is 68.7 Å². The summed E-state index contributed by atoms with van der Waals surface area (Å²) in [5.74, 6) is 3.37. The lowest BCUT2D eigenvalue weighted by Crippen LogP contribution is -2.25. The number of nitrogens with two attached hydrogens (primary N) is 1. The number of unbranched alkanes of at least 4 members (excludes halogenated alkanes) is 1. The zero-order valence-electron chi connectivity index (χ0n) is 58.1. The molecule has 0 bridgehead atoms. The van der Waals surface area contributed by atoms with Gasteiger partial charge in [0, 0.05) is 118 Å². The van der Waals surface area contributed by atoms with Gasteiger partial charge >= 0.3 is 5.97 Å². The Kier molecular flexibility index (Phi) is 31.3. The predicted molar refractivity (Wildman–Crippen MR) is 393 cm³/mol. The van der Waals surface area contributed by atoms with Crippen LogP contribution in [0.4, 0.5) is 0 Å². The van der Waals surface area contributed by atoms with E-state index in [0.717, 1.165) is 132 Å². The summed E-state index contributed by atoms with van der Waals surface area (Å²) in [5, 5.41) is 39.2. The number of phenols is 2. The van der Waals surface area contributed by atoms with E-state index in [-0.39, 0.29) is 24.5 Å². The number of nitrogens with one attached hydrogen (secondary N) is 7. The molecule has 0 radical (unpaired) electrons. The Morgan fingerprint density at radius 3 is 1.40 bits per heavy atom. The number of methoxy groups -OCH3 is 3. The van der Waals surface area contributed by atoms with E-state index >= 15 is 0 Å². The summed E-state index contributed by atoms with van der Waals surface area (Å²) in [5.41, 5.74) is 19.4. The number of phenolic OH excluding ortho intramolecular Hbond substituents is 2. The average molecular weight is 1310 g/mol. The first kappa shape index (κ1) is 75.8. The quantitative estimate of drug-likeness (QED) is 0.0139. The molecule has 5 aromatic carbocycles. The van der Waals surface area contributed by atoms with Crippen molar-refractivity contribution in [2.24, 2.45) is 17.6 Å². The van der Waals surface area contributed by atoms with Gasteiger partial charge in [-0.2, -0.15) is 0 Å². The molecule has 0 aliphatic carbocycles. The van der Waals surface area contributed by atoms with Crippen molar-refractivity contribution in [3.8, 4) is 28.7 Å². The number of amides is 1. The molecule has 0 saturated heterocycles. The molecule has 10 rings (SSSR count). The van der Waals surface area contributed by atoms with Crippen LogP contribution >= 0.6 is 0 Å². The van der Waals surface area contributed by atoms with Gasteiger partial charge in [0.1, 0.15) is 34.5 Å². The normalized spacial score (nSPS) is 11.3. The number of carboxylic acids is 1. The van der Waals surface area contributed by atoms with E-state index in [1.807, 2.05) is 68.1 Å². The Morgan fingerprint density at radius 1 is 0.542 bits per heavy atom. The van der Waals surface area contributed by atoms with Gasteiger partial charge in [0.05, 0.1) is 27.8 Å². The number of carbonyl (C=O) groups is 3. The summed E-state index contributed by atoms with van der Waals surface area (Å²) in [6.07, 6.45) is 23.1. The third-order valence-electron chi connectivity index (χ3n) is 17.1. The number of fused-ring (bicyclic) bond motifs is 5. The summed E-state index contributed by atoms with van der Waals surface area (Å²) in [7, 11) is 11.2. The predicted octanol–water partition coefficient (Wildman–Crippen LogP) is 15.2. The standard InChI is InChI=1S/C28H41NO2.C14H16N2O4.C13H18N2O.C12H16N2O.C11H14N2O/c1-20(2)9-6-7-11-23(21(3)4)17-25(30)14-13-22(5)10-8-12-24-19-29-28-16-15-26(31)18-27(24)28;17-10-1-2-12-11(7-10)9(8-16-12)5-6-15-13(18)3-4-14(19)20;1-15(2)7-6-10-9-14-13-5-4-11(16-3)8-12(10)13;1-13-6-5-9-8-14-12-4-3-10(15-2)7-11(9)12;1-14-9-2-3-11-10(6-9)8(4-5-12)7-13-11/h15-16,18-20,23,29,31H,3,5-14,17H2,1-2,4H3;1-2,7-8,16-17H,3-6H2,(H,15,18)(H,19,20);4-5,8-9,14H,6-7H2,1-3H3;3-4,7-8,13-14H,5-6H2,1-2H3;2-3,6-7,13H,4-5,12H2,1H3. The third kappa shape index (κ3) is 24.5. The van der Waals surface area contributed by atoms with E-state index in [2.05, 4.69) is 125 Å². The molecule has 18 nitrogen and oxygen atoms in total. The van der Waals surface area contributed by atoms with Crippen molar-refractivity contribution in [3.05, 3.63) is 174 Å². The molecule has 0 spiro atoms. The van der Waals surface area contributed by atoms with E-state index in [9.17, 15) is 24.6 Å². The number of H-pyrrole nitrogens is 5. The number of carboxylic acid groups (broad SMARTS) is 1. The van der Waals surface area contributed by atoms with Gasteiger partial charge in [0.2, 0.25) is 5.91 Å². The van der Waals surface area contributed by atoms with Crippen molar-refractivity contribution in [1.29, 1.82) is 0 Å². The highest BCUT2D eigenvalue weighted by atomic mass is 16.5. The second-order valence-corrected chi connectivity index (χ2v) is 25.3. The zero-order valence-corrected chi connectivity index (χ0v) is 58.1. The first-order valence-electron chi connectivity index (χ1n) is 33.5. The van der Waals surface area contributed by atoms with Crippen LogP contribution in [0, 0.1) is 11.8 Å². The molecule has 10 aromatic rings. The first-order valence-corrected chi connectivity index (χ1v) is 33.5. The van der Waals surface area contributed by atoms with Crippen molar-refractivity contribution in [2.45, 2.75) is 124 Å². The SMILES string of the molecule is C=C(CCCc1c[nH]c2ccc(O)cc12)CCC(=O)CC(CCCCC(C)C)C(=C)C.CNCCc1c[nH]c2ccc(OC)cc12.COc1ccc2[nH]cc(CCN(C)C)c2c1.COc1ccc2[nH]cc(CCN)c2c1.O=C(O)CCC(=O)NCCc1c[nH]c2ccc(O)cc12. The molecule has 1 atom stereocenters. The Bertz CT molecular complexity index is 4050. The van der Waals surface area contributed by atoms with Gasteiger partial charge in [-0.3, -0.25) is 14.4 Å². The fourth-order valence-corrected chi connectivity index (χ4v) is 11.4. The summed E-state index contributed by atoms with van der Waals surface area (Å²) in [6.45, 7) is 18.1. The lowest BCUT2D eigenvalue weighted by atomic mass is 9.88. The number of aromatic nitrogens is 5. The smallest absolute Gasteiger partial charge is 0.303 e. The van der Waals surface area contributed by atoms with Crippen LogP contribution in [0.3, 0.4) is 0 Å². The van der Waals surface area contributed by atoms with Gasteiger partial charge in [0.15, 0.2) is 0 Å². The number of aryl methyl sites for hydroxylation is 1. The number of ketones is 1. The van der Waals surface area contributed by atoms with Crippen LogP contribution in [0.2, 0.25) is 0 Å². The maximum Gasteiger partial charge on any atom is 0.303 e. The lowest BCUT2D eigenvalue weighted by Gasteiger charge is -2.17. The fourth-order valence-electron chi connectivity index (χ4n) is 11.4. The molecule has 0 fully saturated rings. The number of Topliss-reactive ketones (excluding diaryl/α,β-unsaturated/α-hetero) is 1. The van der Waals surface area contributed by atoms with E-state index in [1.54, 1.807) is 45.6 Å². The molecular formula is C78H105N9O9. The van der Waals surface area contributed by atoms with E-state index in [4.69, 9.17) is 25.1 Å². The van der Waals surface area contributed by atoms with Gasteiger partial charge in [0.25, 0.3) is 0 Å². The molecule has 1 amide bonds. The lowest BCUT2D eigenvalue weighted by molar-refractivity contribution is -0.138. The minimum absolute atomic E-state index is 0.00991. The van der Waals surface area contributed by atoms with E-state index < -0.39 is 5.97 Å². The molecule has 12 N–H and O–H groups in total. The van der Waals surface area contributed by atoms with Crippen LogP contribution in [0.15, 0.2) is 146 Å². The number of nitrogens with zero attached hydrogens (tertiary/aromatic N) is 1. The molecule has 18 heteroatoms. The molecule has 0 saturated carbocycles. The van der Waals surface area contributed by atoms with Gasteiger partial charge < -0.3 is 75.7 Å². The number of allylic oxidation sites excluding steroid dienone is 2. The topological polar surface area (TPSA) is 272 Å². The summed E-state index contributed by atoms with van der Waals surface area (Å²) < 4.78 is 15.6. The Balaban J connectivity index is 0.000000196. The summed E-state index contributed by atoms with van der Waals surface area (Å²) >= 11 is 0. The molecule has 1 unspecified atom stereocenters. The highest BCUT2D eigenvalue weighted by Gasteiger charge is 2.16. The maximum atomic E-state index is 12.5. The number of likely N-dealkylation sites (N-methyl/N-ethyl adjacent to an activating group) is 2. The zero-order chi connectivity index (χ0) is 69.5. The largest absolute Gasteiger partial charge is 0.508 e. The number of carbonyl (C=O) groups excluding carboxylic acids is 2. The number of aromatic hydroxyl groups is 2. The monoisotopic (exact) mass is 1310 g/mol. The van der Waals surface area contributed by atoms with Crippen molar-refractivity contribution >= 4 is 72.2 Å². The number of hydrogen-bond donors (Lipinski definition) is 11. The number of hydrogen-bond acceptors (Lipinski definition) is 11. The van der Waals surface area contributed by atoms with Gasteiger partial charge in [-0.15, -0.1) is 0 Å². The van der Waals surface area contributed by atoms with E-state index in [1.165, 1.54) is 68.7 Å². The first-order chi connectivity index (χ1) is 46.2. The van der Waals surface area contributed by atoms with Crippen LogP contribution in [-0.2, 0) is 46.5 Å². The number of ether oxygens (including phenoxy) is 3. The van der Waals surface area contributed by atoms with E-state index in [0.29, 0.717) is 49.8 Å². The minimum Gasteiger partial charge on any atom is -0.508 e. The number of aliphatic carboxylic acids is 1. The summed E-state index contributed by atoms with van der Waals surface area (Å²) in [6, 6.07) is 28.7. The average Bonchev–Trinajstić information content (AvgIpc) is 1.85. The highest BCUT2D eigenvalue weighted by Crippen LogP contribution is 2.30. The van der Waals surface area contributed by atoms with Gasteiger partial charge in [-0.1, -0.05) is 57.4 Å². The maximum absolute atomic E-state index is 12.5. The molecule has 5 heterocycles. The fraction of sp³-hybridized carbons (Fsp3) is 0.397. The Labute approximate surface area is 566 Å². The van der Waals surface area contributed by atoms with Crippen LogP contribution in [-0.4, -0.2) is 131 Å². The molecular weight excluding hydrogens is 1210 g/mol. The van der Waals surface area contributed by atoms with Crippen molar-refractivity contribution in [3.63, 3.8) is 0 Å². The number of aromatic amines is 5. The van der Waals surface area contributed by atoms with Crippen LogP contribution in [0.5, 0.6) is 28.7 Å². The van der Waals surface area contributed by atoms with Crippen molar-refractivity contribution in [1.82, 2.24) is 40.5 Å². The van der Waals surface area contributed by atoms with Gasteiger partial charge in [-0.05, 0) is 230 Å². The minimum atomic E-state index is -0.979. The molecule has 0 aliphatic rings. The van der Waals surface area contributed by atoms with Gasteiger partial charge in [-0.25, -0.2) is 0 Å². The number of rotatable bonds is 32. The molecule has 516 valence electrons.